The number of hydrogen-bond acceptors (Lipinski definition) is 5. The lowest BCUT2D eigenvalue weighted by Gasteiger charge is -2.29. The van der Waals surface area contributed by atoms with Crippen LogP contribution in [0.5, 0.6) is 0 Å². The fourth-order valence-corrected chi connectivity index (χ4v) is 4.87. The van der Waals surface area contributed by atoms with E-state index in [1.807, 2.05) is 4.90 Å². The standard InChI is InChI=1S/C15H16BrN3O3S2/c16-12-10-14(18-24(21,22)13-4-2-1-3-5-13)15(17-11-12)19-6-8-23(20)9-7-19/h1-5,10-11,18H,6-9H2. The average molecular weight is 430 g/mol. The minimum atomic E-state index is -3.70. The first-order valence-electron chi connectivity index (χ1n) is 7.29. The first-order valence-corrected chi connectivity index (χ1v) is 11.1. The lowest BCUT2D eigenvalue weighted by Crippen LogP contribution is -2.38. The third-order valence-corrected chi connectivity index (χ3v) is 6.70. The molecule has 1 aliphatic heterocycles. The van der Waals surface area contributed by atoms with Gasteiger partial charge in [-0.3, -0.25) is 8.93 Å². The number of anilines is 2. The van der Waals surface area contributed by atoms with Gasteiger partial charge in [-0.15, -0.1) is 0 Å². The van der Waals surface area contributed by atoms with Crippen molar-refractivity contribution in [3.63, 3.8) is 0 Å². The van der Waals surface area contributed by atoms with Crippen molar-refractivity contribution in [2.45, 2.75) is 4.90 Å². The summed E-state index contributed by atoms with van der Waals surface area (Å²) in [4.78, 5) is 6.50. The van der Waals surface area contributed by atoms with Crippen molar-refractivity contribution in [1.29, 1.82) is 0 Å². The van der Waals surface area contributed by atoms with Crippen LogP contribution >= 0.6 is 15.9 Å². The highest BCUT2D eigenvalue weighted by atomic mass is 79.9. The number of halogens is 1. The van der Waals surface area contributed by atoms with Gasteiger partial charge in [-0.05, 0) is 34.1 Å². The predicted molar refractivity (Wildman–Crippen MR) is 99.3 cm³/mol. The van der Waals surface area contributed by atoms with E-state index in [-0.39, 0.29) is 4.90 Å². The maximum absolute atomic E-state index is 12.6. The Bertz CT molecular complexity index is 850. The predicted octanol–water partition coefficient (Wildman–Crippen LogP) is 2.21. The summed E-state index contributed by atoms with van der Waals surface area (Å²) in [5, 5.41) is 0. The molecule has 24 heavy (non-hydrogen) atoms. The zero-order valence-corrected chi connectivity index (χ0v) is 15.9. The molecule has 0 radical (unpaired) electrons. The zero-order chi connectivity index (χ0) is 17.2. The Morgan fingerprint density at radius 2 is 1.83 bits per heavy atom. The lowest BCUT2D eigenvalue weighted by atomic mass is 10.3. The molecule has 2 aromatic rings. The first-order chi connectivity index (χ1) is 11.5. The Labute approximate surface area is 151 Å². The Balaban J connectivity index is 1.93. The van der Waals surface area contributed by atoms with Gasteiger partial charge in [-0.1, -0.05) is 18.2 Å². The Morgan fingerprint density at radius 1 is 1.17 bits per heavy atom. The topological polar surface area (TPSA) is 79.4 Å². The minimum Gasteiger partial charge on any atom is -0.353 e. The van der Waals surface area contributed by atoms with Gasteiger partial charge >= 0.3 is 0 Å². The van der Waals surface area contributed by atoms with E-state index in [1.165, 1.54) is 12.1 Å². The van der Waals surface area contributed by atoms with Crippen molar-refractivity contribution in [1.82, 2.24) is 4.98 Å². The van der Waals surface area contributed by atoms with Gasteiger partial charge in [0, 0.05) is 46.1 Å². The molecule has 0 bridgehead atoms. The number of benzene rings is 1. The summed E-state index contributed by atoms with van der Waals surface area (Å²) in [7, 11) is -4.51. The number of sulfonamides is 1. The van der Waals surface area contributed by atoms with Gasteiger partial charge in [0.05, 0.1) is 10.6 Å². The van der Waals surface area contributed by atoms with Crippen LogP contribution in [0.3, 0.4) is 0 Å². The van der Waals surface area contributed by atoms with Crippen molar-refractivity contribution in [3.8, 4) is 0 Å². The molecule has 9 heteroatoms. The average Bonchev–Trinajstić information content (AvgIpc) is 2.57. The van der Waals surface area contributed by atoms with Crippen LogP contribution in [-0.4, -0.2) is 42.2 Å². The van der Waals surface area contributed by atoms with Crippen LogP contribution in [0.2, 0.25) is 0 Å². The maximum atomic E-state index is 12.6. The quantitative estimate of drug-likeness (QED) is 0.805. The fourth-order valence-electron chi connectivity index (χ4n) is 2.41. The van der Waals surface area contributed by atoms with E-state index in [4.69, 9.17) is 0 Å². The van der Waals surface area contributed by atoms with Crippen molar-refractivity contribution in [3.05, 3.63) is 47.1 Å². The van der Waals surface area contributed by atoms with E-state index in [0.29, 0.717) is 40.6 Å². The summed E-state index contributed by atoms with van der Waals surface area (Å²) >= 11 is 3.33. The number of nitrogens with zero attached hydrogens (tertiary/aromatic N) is 2. The van der Waals surface area contributed by atoms with E-state index in [0.717, 1.165) is 0 Å². The molecule has 1 saturated heterocycles. The first kappa shape index (κ1) is 17.4. The van der Waals surface area contributed by atoms with Gasteiger partial charge < -0.3 is 4.90 Å². The highest BCUT2D eigenvalue weighted by Crippen LogP contribution is 2.29. The summed E-state index contributed by atoms with van der Waals surface area (Å²) < 4.78 is 40.0. The molecular formula is C15H16BrN3O3S2. The summed E-state index contributed by atoms with van der Waals surface area (Å²) in [5.74, 6) is 1.67. The normalized spacial score (nSPS) is 16.1. The van der Waals surface area contributed by atoms with E-state index in [2.05, 4.69) is 25.6 Å². The van der Waals surface area contributed by atoms with Gasteiger partial charge in [0.25, 0.3) is 10.0 Å². The molecule has 2 heterocycles. The molecular weight excluding hydrogens is 414 g/mol. The van der Waals surface area contributed by atoms with Crippen molar-refractivity contribution in [2.75, 3.05) is 34.2 Å². The molecule has 3 rings (SSSR count). The van der Waals surface area contributed by atoms with Crippen molar-refractivity contribution in [2.24, 2.45) is 0 Å². The Kier molecular flexibility index (Phi) is 5.21. The number of aromatic nitrogens is 1. The molecule has 6 nitrogen and oxygen atoms in total. The minimum absolute atomic E-state index is 0.190. The highest BCUT2D eigenvalue weighted by Gasteiger charge is 2.22. The van der Waals surface area contributed by atoms with Gasteiger partial charge in [-0.25, -0.2) is 13.4 Å². The summed E-state index contributed by atoms with van der Waals surface area (Å²) in [6, 6.07) is 9.88. The molecule has 0 spiro atoms. The van der Waals surface area contributed by atoms with Crippen LogP contribution in [0.15, 0.2) is 52.0 Å². The summed E-state index contributed by atoms with van der Waals surface area (Å²) in [6.45, 7) is 1.17. The molecule has 1 aliphatic rings. The molecule has 0 amide bonds. The smallest absolute Gasteiger partial charge is 0.262 e. The van der Waals surface area contributed by atoms with Gasteiger partial charge in [-0.2, -0.15) is 0 Å². The summed E-state index contributed by atoms with van der Waals surface area (Å²) in [5.41, 5.74) is 0.404. The van der Waals surface area contributed by atoms with Gasteiger partial charge in [0.2, 0.25) is 0 Å². The number of pyridine rings is 1. The highest BCUT2D eigenvalue weighted by molar-refractivity contribution is 9.10. The SMILES string of the molecule is O=S1CCN(c2ncc(Br)cc2NS(=O)(=O)c2ccccc2)CC1. The fraction of sp³-hybridized carbons (Fsp3) is 0.267. The van der Waals surface area contributed by atoms with Crippen LogP contribution in [-0.2, 0) is 20.8 Å². The molecule has 1 fully saturated rings. The Hall–Kier alpha value is -1.45. The Morgan fingerprint density at radius 3 is 2.50 bits per heavy atom. The lowest BCUT2D eigenvalue weighted by molar-refractivity contribution is 0.601. The number of nitrogens with one attached hydrogen (secondary N) is 1. The maximum Gasteiger partial charge on any atom is 0.262 e. The van der Waals surface area contributed by atoms with Crippen LogP contribution in [0.25, 0.3) is 0 Å². The van der Waals surface area contributed by atoms with Crippen molar-refractivity contribution >= 4 is 48.3 Å². The zero-order valence-electron chi connectivity index (χ0n) is 12.7. The third kappa shape index (κ3) is 3.96. The molecule has 0 atom stereocenters. The molecule has 0 aliphatic carbocycles. The second-order valence-corrected chi connectivity index (χ2v) is 9.57. The van der Waals surface area contributed by atoms with Crippen LogP contribution in [0.4, 0.5) is 11.5 Å². The van der Waals surface area contributed by atoms with E-state index in [1.54, 1.807) is 30.5 Å². The van der Waals surface area contributed by atoms with Crippen LogP contribution in [0, 0.1) is 0 Å². The number of hydrogen-bond donors (Lipinski definition) is 1. The second-order valence-electron chi connectivity index (χ2n) is 5.28. The number of rotatable bonds is 4. The second kappa shape index (κ2) is 7.20. The summed E-state index contributed by atoms with van der Waals surface area (Å²) in [6.07, 6.45) is 1.63. The largest absolute Gasteiger partial charge is 0.353 e. The molecule has 0 saturated carbocycles. The van der Waals surface area contributed by atoms with Crippen molar-refractivity contribution < 1.29 is 12.6 Å². The van der Waals surface area contributed by atoms with Crippen LogP contribution in [0.1, 0.15) is 0 Å². The molecule has 1 aromatic carbocycles. The van der Waals surface area contributed by atoms with Gasteiger partial charge in [0.15, 0.2) is 5.82 Å². The van der Waals surface area contributed by atoms with Gasteiger partial charge in [0.1, 0.15) is 0 Å². The van der Waals surface area contributed by atoms with E-state index in [9.17, 15) is 12.6 Å². The van der Waals surface area contributed by atoms with Crippen LogP contribution < -0.4 is 9.62 Å². The van der Waals surface area contributed by atoms with E-state index >= 15 is 0 Å². The monoisotopic (exact) mass is 429 g/mol. The third-order valence-electron chi connectivity index (χ3n) is 3.61. The molecule has 1 aromatic heterocycles. The van der Waals surface area contributed by atoms with E-state index < -0.39 is 20.8 Å². The molecule has 1 N–H and O–H groups in total. The molecule has 128 valence electrons. The molecule has 0 unspecified atom stereocenters.